The molecule has 1 aromatic carbocycles. The van der Waals surface area contributed by atoms with Crippen LogP contribution in [0.4, 0.5) is 0 Å². The second kappa shape index (κ2) is 4.42. The van der Waals surface area contributed by atoms with Crippen molar-refractivity contribution >= 4 is 10.9 Å². The van der Waals surface area contributed by atoms with Gasteiger partial charge in [-0.2, -0.15) is 0 Å². The topological polar surface area (TPSA) is 56.0 Å². The van der Waals surface area contributed by atoms with Crippen LogP contribution in [0.3, 0.4) is 0 Å². The van der Waals surface area contributed by atoms with Gasteiger partial charge in [-0.1, -0.05) is 12.1 Å². The quantitative estimate of drug-likeness (QED) is 0.852. The first-order chi connectivity index (χ1) is 8.49. The van der Waals surface area contributed by atoms with Gasteiger partial charge in [0.2, 0.25) is 0 Å². The van der Waals surface area contributed by atoms with E-state index >= 15 is 0 Å². The maximum atomic E-state index is 12.4. The van der Waals surface area contributed by atoms with E-state index in [0.717, 1.165) is 5.56 Å². The van der Waals surface area contributed by atoms with Crippen LogP contribution in [0.1, 0.15) is 18.7 Å². The minimum Gasteiger partial charge on any atom is -0.300 e. The molecule has 18 heavy (non-hydrogen) atoms. The van der Waals surface area contributed by atoms with Gasteiger partial charge in [-0.3, -0.25) is 9.36 Å². The smallest absolute Gasteiger partial charge is 0.300 e. The Labute approximate surface area is 105 Å². The van der Waals surface area contributed by atoms with Crippen molar-refractivity contribution in [2.24, 2.45) is 7.05 Å². The molecule has 0 fully saturated rings. The molecule has 2 aromatic rings. The number of nitrogens with zero attached hydrogens (tertiary/aromatic N) is 2. The van der Waals surface area contributed by atoms with Gasteiger partial charge in [0.15, 0.2) is 0 Å². The van der Waals surface area contributed by atoms with Gasteiger partial charge in [-0.05, 0) is 32.5 Å². The Hall–Kier alpha value is -1.88. The summed E-state index contributed by atoms with van der Waals surface area (Å²) in [5.74, 6) is 0. The first kappa shape index (κ1) is 12.6. The number of benzene rings is 1. The maximum absolute atomic E-state index is 12.4. The second-order valence-electron chi connectivity index (χ2n) is 4.45. The molecule has 0 aliphatic heterocycles. The van der Waals surface area contributed by atoms with Crippen molar-refractivity contribution in [3.8, 4) is 0 Å². The molecule has 0 amide bonds. The van der Waals surface area contributed by atoms with Crippen LogP contribution >= 0.6 is 0 Å². The number of nitrogens with one attached hydrogen (secondary N) is 1. The molecule has 1 N–H and O–H groups in total. The molecule has 96 valence electrons. The van der Waals surface area contributed by atoms with E-state index in [1.54, 1.807) is 27.1 Å². The van der Waals surface area contributed by atoms with Crippen LogP contribution in [0, 0.1) is 6.92 Å². The summed E-state index contributed by atoms with van der Waals surface area (Å²) in [4.78, 5) is 24.6. The van der Waals surface area contributed by atoms with E-state index in [4.69, 9.17) is 0 Å². The van der Waals surface area contributed by atoms with Crippen LogP contribution in [0.15, 0.2) is 27.8 Å². The van der Waals surface area contributed by atoms with Crippen LogP contribution in [-0.4, -0.2) is 16.2 Å². The Morgan fingerprint density at radius 1 is 1.28 bits per heavy atom. The average Bonchev–Trinajstić information content (AvgIpc) is 2.35. The van der Waals surface area contributed by atoms with Crippen LogP contribution in [0.2, 0.25) is 0 Å². The van der Waals surface area contributed by atoms with Crippen LogP contribution in [-0.2, 0) is 7.05 Å². The first-order valence-corrected chi connectivity index (χ1v) is 5.87. The molecule has 1 atom stereocenters. The lowest BCUT2D eigenvalue weighted by molar-refractivity contribution is 0.437. The lowest BCUT2D eigenvalue weighted by atomic mass is 10.1. The van der Waals surface area contributed by atoms with Crippen molar-refractivity contribution in [2.45, 2.75) is 20.0 Å². The average molecular weight is 247 g/mol. The highest BCUT2D eigenvalue weighted by Crippen LogP contribution is 2.12. The van der Waals surface area contributed by atoms with Gasteiger partial charge in [-0.25, -0.2) is 9.36 Å². The third kappa shape index (κ3) is 1.67. The number of aromatic nitrogens is 2. The summed E-state index contributed by atoms with van der Waals surface area (Å²) >= 11 is 0. The lowest BCUT2D eigenvalue weighted by Gasteiger charge is -2.16. The Balaban J connectivity index is 3.03. The van der Waals surface area contributed by atoms with E-state index in [0.29, 0.717) is 10.9 Å². The zero-order valence-corrected chi connectivity index (χ0v) is 11.0. The number of aryl methyl sites for hydroxylation is 2. The number of fused-ring (bicyclic) bond motifs is 1. The molecular weight excluding hydrogens is 230 g/mol. The van der Waals surface area contributed by atoms with Gasteiger partial charge in [0.05, 0.1) is 17.1 Å². The van der Waals surface area contributed by atoms with Crippen LogP contribution in [0.25, 0.3) is 10.9 Å². The Morgan fingerprint density at radius 3 is 2.56 bits per heavy atom. The number of hydrogen-bond donors (Lipinski definition) is 1. The van der Waals surface area contributed by atoms with E-state index < -0.39 is 0 Å². The Morgan fingerprint density at radius 2 is 1.94 bits per heavy atom. The number of hydrogen-bond acceptors (Lipinski definition) is 3. The zero-order chi connectivity index (χ0) is 13.4. The predicted molar refractivity (Wildman–Crippen MR) is 72.0 cm³/mol. The normalized spacial score (nSPS) is 12.9. The van der Waals surface area contributed by atoms with Crippen LogP contribution < -0.4 is 16.6 Å². The van der Waals surface area contributed by atoms with Crippen LogP contribution in [0.5, 0.6) is 0 Å². The van der Waals surface area contributed by atoms with Gasteiger partial charge in [0, 0.05) is 7.05 Å². The zero-order valence-electron chi connectivity index (χ0n) is 11.0. The summed E-state index contributed by atoms with van der Waals surface area (Å²) in [5.41, 5.74) is 1.07. The first-order valence-electron chi connectivity index (χ1n) is 5.87. The molecule has 1 heterocycles. The van der Waals surface area contributed by atoms with E-state index in [1.807, 2.05) is 19.1 Å². The molecule has 5 heteroatoms. The standard InChI is InChI=1S/C13H17N3O2/c1-8-6-5-7-10-11(8)15(4)13(18)16(12(10)17)9(2)14-3/h5-7,9,14H,1-4H3. The Bertz CT molecular complexity index is 712. The summed E-state index contributed by atoms with van der Waals surface area (Å²) in [7, 11) is 3.41. The van der Waals surface area contributed by atoms with Crippen molar-refractivity contribution in [1.82, 2.24) is 14.5 Å². The highest BCUT2D eigenvalue weighted by Gasteiger charge is 2.15. The van der Waals surface area contributed by atoms with Gasteiger partial charge in [0.25, 0.3) is 5.56 Å². The van der Waals surface area contributed by atoms with Gasteiger partial charge < -0.3 is 5.32 Å². The molecular formula is C13H17N3O2. The molecule has 0 spiro atoms. The van der Waals surface area contributed by atoms with Gasteiger partial charge >= 0.3 is 5.69 Å². The van der Waals surface area contributed by atoms with Crippen molar-refractivity contribution in [2.75, 3.05) is 7.05 Å². The molecule has 0 saturated heterocycles. The summed E-state index contributed by atoms with van der Waals surface area (Å²) < 4.78 is 2.77. The van der Waals surface area contributed by atoms with Gasteiger partial charge in [0.1, 0.15) is 0 Å². The minimum atomic E-state index is -0.332. The van der Waals surface area contributed by atoms with E-state index in [-0.39, 0.29) is 17.4 Å². The fourth-order valence-electron chi connectivity index (χ4n) is 2.22. The highest BCUT2D eigenvalue weighted by molar-refractivity contribution is 5.81. The predicted octanol–water partition coefficient (Wildman–Crippen LogP) is 0.747. The molecule has 0 saturated carbocycles. The molecule has 1 unspecified atom stereocenters. The molecule has 5 nitrogen and oxygen atoms in total. The van der Waals surface area contributed by atoms with Gasteiger partial charge in [-0.15, -0.1) is 0 Å². The molecule has 0 bridgehead atoms. The largest absolute Gasteiger partial charge is 0.332 e. The fraction of sp³-hybridized carbons (Fsp3) is 0.385. The summed E-state index contributed by atoms with van der Waals surface area (Å²) in [6.45, 7) is 3.68. The second-order valence-corrected chi connectivity index (χ2v) is 4.45. The van der Waals surface area contributed by atoms with E-state index in [1.165, 1.54) is 9.13 Å². The molecule has 0 aliphatic rings. The third-order valence-electron chi connectivity index (χ3n) is 3.32. The fourth-order valence-corrected chi connectivity index (χ4v) is 2.22. The number of para-hydroxylation sites is 1. The molecule has 2 rings (SSSR count). The highest BCUT2D eigenvalue weighted by atomic mass is 16.2. The SMILES string of the molecule is CNC(C)n1c(=O)c2cccc(C)c2n(C)c1=O. The molecule has 1 aromatic heterocycles. The van der Waals surface area contributed by atoms with Crippen molar-refractivity contribution in [1.29, 1.82) is 0 Å². The maximum Gasteiger partial charge on any atom is 0.332 e. The summed E-state index contributed by atoms with van der Waals surface area (Å²) in [5, 5.41) is 3.49. The van der Waals surface area contributed by atoms with Crippen molar-refractivity contribution in [3.63, 3.8) is 0 Å². The summed E-state index contributed by atoms with van der Waals surface area (Å²) in [6, 6.07) is 5.48. The Kier molecular flexibility index (Phi) is 3.09. The number of rotatable bonds is 2. The van der Waals surface area contributed by atoms with E-state index in [2.05, 4.69) is 5.32 Å². The monoisotopic (exact) mass is 247 g/mol. The minimum absolute atomic E-state index is 0.251. The lowest BCUT2D eigenvalue weighted by Crippen LogP contribution is -2.44. The molecule has 0 aliphatic carbocycles. The van der Waals surface area contributed by atoms with E-state index in [9.17, 15) is 9.59 Å². The van der Waals surface area contributed by atoms with Crippen molar-refractivity contribution < 1.29 is 0 Å². The molecule has 0 radical (unpaired) electrons. The third-order valence-corrected chi connectivity index (χ3v) is 3.32. The summed E-state index contributed by atoms with van der Waals surface area (Å²) in [6.07, 6.45) is -0.332. The van der Waals surface area contributed by atoms with Crippen molar-refractivity contribution in [3.05, 3.63) is 44.6 Å².